The van der Waals surface area contributed by atoms with Gasteiger partial charge in [0.25, 0.3) is 5.56 Å². The van der Waals surface area contributed by atoms with Crippen molar-refractivity contribution in [2.75, 3.05) is 0 Å². The average Bonchev–Trinajstić information content (AvgIpc) is 3.06. The van der Waals surface area contributed by atoms with Crippen LogP contribution < -0.4 is 11.3 Å². The van der Waals surface area contributed by atoms with Gasteiger partial charge in [0, 0.05) is 27.9 Å². The Balaban J connectivity index is 0.00000182. The number of fused-ring (bicyclic) bond motifs is 3. The molecule has 0 saturated heterocycles. The number of halogens is 1. The van der Waals surface area contributed by atoms with Gasteiger partial charge in [0.1, 0.15) is 10.4 Å². The van der Waals surface area contributed by atoms with E-state index in [0.29, 0.717) is 4.70 Å². The Hall–Kier alpha value is -2.34. The van der Waals surface area contributed by atoms with Crippen LogP contribution in [-0.4, -0.2) is 10.1 Å². The molecule has 25 heavy (non-hydrogen) atoms. The number of hydrogen-bond acceptors (Lipinski definition) is 4. The Labute approximate surface area is 154 Å². The van der Waals surface area contributed by atoms with Gasteiger partial charge in [0.05, 0.1) is 0 Å². The van der Waals surface area contributed by atoms with E-state index in [0.717, 1.165) is 33.0 Å². The first-order chi connectivity index (χ1) is 11.6. The molecule has 4 rings (SSSR count). The minimum atomic E-state index is -0.101. The summed E-state index contributed by atoms with van der Waals surface area (Å²) in [7, 11) is 0. The summed E-state index contributed by atoms with van der Waals surface area (Å²) in [5.41, 5.74) is 9.18. The fraction of sp³-hybridized carbons (Fsp3) is 0.105. The first kappa shape index (κ1) is 17.5. The van der Waals surface area contributed by atoms with Gasteiger partial charge in [-0.15, -0.1) is 23.7 Å². The van der Waals surface area contributed by atoms with Gasteiger partial charge >= 0.3 is 0 Å². The van der Waals surface area contributed by atoms with Crippen LogP contribution in [0.4, 0.5) is 0 Å². The molecule has 128 valence electrons. The van der Waals surface area contributed by atoms with Crippen LogP contribution in [0, 0.1) is 0 Å². The normalized spacial score (nSPS) is 12.2. The van der Waals surface area contributed by atoms with E-state index in [4.69, 9.17) is 5.73 Å². The van der Waals surface area contributed by atoms with E-state index in [-0.39, 0.29) is 29.8 Å². The van der Waals surface area contributed by atoms with Gasteiger partial charge in [-0.3, -0.25) is 4.79 Å². The molecule has 1 atom stereocenters. The number of aromatic hydroxyl groups is 1. The highest BCUT2D eigenvalue weighted by Gasteiger charge is 2.15. The lowest BCUT2D eigenvalue weighted by molar-refractivity contribution is 0.478. The lowest BCUT2D eigenvalue weighted by Crippen LogP contribution is -2.05. The summed E-state index contributed by atoms with van der Waals surface area (Å²) in [4.78, 5) is 15.1. The number of thiophene rings is 1. The maximum atomic E-state index is 12.2. The number of nitrogens with two attached hydrogens (primary N) is 1. The molecule has 0 bridgehead atoms. The lowest BCUT2D eigenvalue weighted by atomic mass is 9.96. The smallest absolute Gasteiger partial charge is 0.266 e. The fourth-order valence-electron chi connectivity index (χ4n) is 3.08. The zero-order chi connectivity index (χ0) is 16.8. The number of aromatic nitrogens is 1. The molecule has 0 saturated carbocycles. The molecule has 0 unspecified atom stereocenters. The summed E-state index contributed by atoms with van der Waals surface area (Å²) in [6.45, 7) is 1.93. The second-order valence-electron chi connectivity index (χ2n) is 5.91. The van der Waals surface area contributed by atoms with Crippen molar-refractivity contribution in [3.63, 3.8) is 0 Å². The Morgan fingerprint density at radius 1 is 1.12 bits per heavy atom. The molecule has 6 heteroatoms. The minimum Gasteiger partial charge on any atom is -0.507 e. The van der Waals surface area contributed by atoms with Crippen molar-refractivity contribution in [2.45, 2.75) is 13.0 Å². The van der Waals surface area contributed by atoms with Gasteiger partial charge in [0.2, 0.25) is 0 Å². The topological polar surface area (TPSA) is 79.1 Å². The molecular formula is C19H17ClN2O2S. The van der Waals surface area contributed by atoms with Crippen LogP contribution in [0.1, 0.15) is 18.5 Å². The van der Waals surface area contributed by atoms with Crippen molar-refractivity contribution >= 4 is 44.7 Å². The number of rotatable bonds is 2. The van der Waals surface area contributed by atoms with Gasteiger partial charge in [-0.2, -0.15) is 0 Å². The molecule has 2 aromatic carbocycles. The Kier molecular flexibility index (Phi) is 4.56. The van der Waals surface area contributed by atoms with Crippen molar-refractivity contribution < 1.29 is 5.11 Å². The number of phenols is 1. The molecule has 0 radical (unpaired) electrons. The maximum absolute atomic E-state index is 12.2. The molecule has 0 aliphatic carbocycles. The second-order valence-corrected chi connectivity index (χ2v) is 6.83. The number of benzene rings is 2. The summed E-state index contributed by atoms with van der Waals surface area (Å²) < 4.78 is 0.668. The number of phenolic OH excluding ortho intramolecular Hbond substituents is 1. The van der Waals surface area contributed by atoms with Crippen molar-refractivity contribution in [1.82, 2.24) is 4.98 Å². The standard InChI is InChI=1S/C19H16N2O2S.ClH/c1-10(20)11-2-4-12(5-3-11)16-15(22)7-6-14-17(16)13-8-9-24-18(13)19(23)21-14;/h2-10,22H,20H2,1H3,(H,21,23);1H/t10-;/m0./s1. The highest BCUT2D eigenvalue weighted by atomic mass is 35.5. The van der Waals surface area contributed by atoms with E-state index in [1.165, 1.54) is 11.3 Å². The SMILES string of the molecule is C[C@H](N)c1ccc(-c2c(O)ccc3[nH]c(=O)c4sccc4c23)cc1.Cl. The van der Waals surface area contributed by atoms with Crippen molar-refractivity contribution in [3.05, 3.63) is 63.8 Å². The Morgan fingerprint density at radius 2 is 1.84 bits per heavy atom. The van der Waals surface area contributed by atoms with E-state index < -0.39 is 0 Å². The number of H-pyrrole nitrogens is 1. The molecule has 4 nitrogen and oxygen atoms in total. The number of hydrogen-bond donors (Lipinski definition) is 3. The van der Waals surface area contributed by atoms with Gasteiger partial charge in [-0.25, -0.2) is 0 Å². The zero-order valence-electron chi connectivity index (χ0n) is 13.4. The van der Waals surface area contributed by atoms with Crippen LogP contribution >= 0.6 is 23.7 Å². The van der Waals surface area contributed by atoms with Gasteiger partial charge in [-0.05, 0) is 41.6 Å². The third-order valence-electron chi connectivity index (χ3n) is 4.30. The predicted molar refractivity (Wildman–Crippen MR) is 107 cm³/mol. The first-order valence-corrected chi connectivity index (χ1v) is 8.55. The van der Waals surface area contributed by atoms with Gasteiger partial charge in [-0.1, -0.05) is 24.3 Å². The molecule has 2 heterocycles. The van der Waals surface area contributed by atoms with Crippen LogP contribution in [0.15, 0.2) is 52.6 Å². The molecule has 4 N–H and O–H groups in total. The quantitative estimate of drug-likeness (QED) is 0.482. The number of aromatic amines is 1. The molecule has 0 spiro atoms. The highest BCUT2D eigenvalue weighted by Crippen LogP contribution is 2.39. The van der Waals surface area contributed by atoms with Crippen molar-refractivity contribution in [1.29, 1.82) is 0 Å². The molecule has 0 fully saturated rings. The Bertz CT molecular complexity index is 1110. The monoisotopic (exact) mass is 372 g/mol. The fourth-order valence-corrected chi connectivity index (χ4v) is 3.88. The highest BCUT2D eigenvalue weighted by molar-refractivity contribution is 7.17. The van der Waals surface area contributed by atoms with Crippen molar-refractivity contribution in [3.8, 4) is 16.9 Å². The Morgan fingerprint density at radius 3 is 2.52 bits per heavy atom. The zero-order valence-corrected chi connectivity index (χ0v) is 15.1. The van der Waals surface area contributed by atoms with E-state index in [1.54, 1.807) is 12.1 Å². The minimum absolute atomic E-state index is 0. The van der Waals surface area contributed by atoms with E-state index >= 15 is 0 Å². The second kappa shape index (κ2) is 6.52. The van der Waals surface area contributed by atoms with Gasteiger partial charge in [0.15, 0.2) is 0 Å². The van der Waals surface area contributed by atoms with Crippen LogP contribution in [0.25, 0.3) is 32.1 Å². The largest absolute Gasteiger partial charge is 0.507 e. The van der Waals surface area contributed by atoms with Crippen LogP contribution in [-0.2, 0) is 0 Å². The van der Waals surface area contributed by atoms with Gasteiger partial charge < -0.3 is 15.8 Å². The summed E-state index contributed by atoms with van der Waals surface area (Å²) >= 11 is 1.40. The molecule has 0 aliphatic heterocycles. The predicted octanol–water partition coefficient (Wildman–Crippen LogP) is 4.56. The summed E-state index contributed by atoms with van der Waals surface area (Å²) in [5, 5.41) is 14.1. The lowest BCUT2D eigenvalue weighted by Gasteiger charge is -2.12. The third-order valence-corrected chi connectivity index (χ3v) is 5.21. The molecule has 0 amide bonds. The van der Waals surface area contributed by atoms with E-state index in [2.05, 4.69) is 4.98 Å². The van der Waals surface area contributed by atoms with Crippen LogP contribution in [0.3, 0.4) is 0 Å². The number of nitrogens with one attached hydrogen (secondary N) is 1. The summed E-state index contributed by atoms with van der Waals surface area (Å²) in [6.07, 6.45) is 0. The first-order valence-electron chi connectivity index (χ1n) is 7.67. The maximum Gasteiger partial charge on any atom is 0.266 e. The van der Waals surface area contributed by atoms with Crippen LogP contribution in [0.5, 0.6) is 5.75 Å². The molecule has 4 aromatic rings. The van der Waals surface area contributed by atoms with E-state index in [1.807, 2.05) is 42.6 Å². The molecular weight excluding hydrogens is 356 g/mol. The van der Waals surface area contributed by atoms with Crippen LogP contribution in [0.2, 0.25) is 0 Å². The molecule has 2 aromatic heterocycles. The molecule has 0 aliphatic rings. The van der Waals surface area contributed by atoms with E-state index in [9.17, 15) is 9.90 Å². The van der Waals surface area contributed by atoms with Crippen molar-refractivity contribution in [2.24, 2.45) is 5.73 Å². The summed E-state index contributed by atoms with van der Waals surface area (Å²) in [6, 6.07) is 13.1. The number of pyridine rings is 1. The average molecular weight is 373 g/mol. The third kappa shape index (κ3) is 2.80. The summed E-state index contributed by atoms with van der Waals surface area (Å²) in [5.74, 6) is 0.190.